The summed E-state index contributed by atoms with van der Waals surface area (Å²) in [6.07, 6.45) is 2.04. The summed E-state index contributed by atoms with van der Waals surface area (Å²) in [5.41, 5.74) is 6.92. The lowest BCUT2D eigenvalue weighted by Gasteiger charge is -2.19. The number of aromatic amines is 1. The molecule has 0 saturated heterocycles. The zero-order valence-electron chi connectivity index (χ0n) is 18.3. The van der Waals surface area contributed by atoms with Gasteiger partial charge in [0.1, 0.15) is 35.4 Å². The summed E-state index contributed by atoms with van der Waals surface area (Å²) in [4.78, 5) is 26.3. The Bertz CT molecular complexity index is 1430. The molecule has 3 aromatic heterocycles. The second kappa shape index (κ2) is 8.88. The first-order valence-electron chi connectivity index (χ1n) is 10.3. The Labute approximate surface area is 194 Å². The molecule has 11 heteroatoms. The molecule has 0 saturated carbocycles. The monoisotopic (exact) mass is 463 g/mol. The van der Waals surface area contributed by atoms with E-state index >= 15 is 0 Å². The first-order chi connectivity index (χ1) is 15.8. The first-order valence-corrected chi connectivity index (χ1v) is 10.7. The van der Waals surface area contributed by atoms with Crippen molar-refractivity contribution in [3.63, 3.8) is 0 Å². The van der Waals surface area contributed by atoms with E-state index in [1.54, 1.807) is 25.1 Å². The number of nitrogens with one attached hydrogen (secondary N) is 2. The summed E-state index contributed by atoms with van der Waals surface area (Å²) in [5.74, 6) is 1.48. The van der Waals surface area contributed by atoms with Crippen molar-refractivity contribution >= 4 is 34.1 Å². The van der Waals surface area contributed by atoms with Gasteiger partial charge in [-0.1, -0.05) is 31.5 Å². The van der Waals surface area contributed by atoms with Gasteiger partial charge in [-0.25, -0.2) is 19.5 Å². The molecule has 0 spiro atoms. The smallest absolute Gasteiger partial charge is 0.268 e. The Kier molecular flexibility index (Phi) is 5.98. The molecule has 0 radical (unpaired) electrons. The number of anilines is 2. The molecule has 1 aromatic carbocycles. The van der Waals surface area contributed by atoms with Crippen molar-refractivity contribution in [3.8, 4) is 11.9 Å². The van der Waals surface area contributed by atoms with Gasteiger partial charge in [-0.05, 0) is 31.4 Å². The summed E-state index contributed by atoms with van der Waals surface area (Å²) >= 11 is 6.35. The average molecular weight is 464 g/mol. The van der Waals surface area contributed by atoms with Gasteiger partial charge in [0.25, 0.3) is 5.56 Å². The SMILES string of the molecule is CC(C)Cc1cc(-n2c(C(C)Nc3ncnc(N)c3C#N)nc3cccc(Cl)c3c2=O)n[nH]1. The third kappa shape index (κ3) is 4.23. The Morgan fingerprint density at radius 1 is 1.30 bits per heavy atom. The van der Waals surface area contributed by atoms with Gasteiger partial charge >= 0.3 is 0 Å². The number of hydrogen-bond acceptors (Lipinski definition) is 8. The highest BCUT2D eigenvalue weighted by molar-refractivity contribution is 6.35. The number of nitrogens with two attached hydrogens (primary N) is 1. The minimum Gasteiger partial charge on any atom is -0.382 e. The van der Waals surface area contributed by atoms with Crippen molar-refractivity contribution in [2.24, 2.45) is 5.92 Å². The molecule has 0 aliphatic heterocycles. The number of hydrogen-bond donors (Lipinski definition) is 3. The van der Waals surface area contributed by atoms with Gasteiger partial charge in [-0.15, -0.1) is 0 Å². The van der Waals surface area contributed by atoms with E-state index < -0.39 is 6.04 Å². The van der Waals surface area contributed by atoms with Crippen LogP contribution in [0.1, 0.15) is 43.9 Å². The van der Waals surface area contributed by atoms with Crippen LogP contribution in [-0.2, 0) is 6.42 Å². The molecule has 0 aliphatic carbocycles. The standard InChI is InChI=1S/C22H22ClN9O/c1-11(2)7-13-8-17(31-30-13)32-21(29-16-6-4-5-15(23)18(16)22(32)33)12(3)28-20-14(9-24)19(25)26-10-27-20/h4-6,8,10-12H,7H2,1-3H3,(H,30,31)(H3,25,26,27,28). The molecule has 0 amide bonds. The molecular formula is C22H22ClN9O. The number of rotatable bonds is 6. The summed E-state index contributed by atoms with van der Waals surface area (Å²) in [5, 5.41) is 20.5. The molecule has 168 valence electrons. The predicted octanol–water partition coefficient (Wildman–Crippen LogP) is 3.38. The maximum atomic E-state index is 13.6. The minimum atomic E-state index is -0.548. The second-order valence-corrected chi connectivity index (χ2v) is 8.46. The van der Waals surface area contributed by atoms with Gasteiger partial charge in [0.2, 0.25) is 0 Å². The van der Waals surface area contributed by atoms with Crippen LogP contribution >= 0.6 is 11.6 Å². The topological polar surface area (TPSA) is 151 Å². The first kappa shape index (κ1) is 22.2. The number of nitrogens with zero attached hydrogens (tertiary/aromatic N) is 6. The number of nitrogen functional groups attached to an aromatic ring is 1. The van der Waals surface area contributed by atoms with Gasteiger partial charge in [0.05, 0.1) is 22.0 Å². The van der Waals surface area contributed by atoms with Crippen molar-refractivity contribution in [3.05, 3.63) is 63.1 Å². The summed E-state index contributed by atoms with van der Waals surface area (Å²) in [6, 6.07) is 8.38. The van der Waals surface area contributed by atoms with Gasteiger partial charge in [0, 0.05) is 11.8 Å². The van der Waals surface area contributed by atoms with Gasteiger partial charge in [0.15, 0.2) is 5.82 Å². The molecule has 10 nitrogen and oxygen atoms in total. The van der Waals surface area contributed by atoms with Crippen molar-refractivity contribution in [2.75, 3.05) is 11.1 Å². The number of H-pyrrole nitrogens is 1. The molecule has 3 heterocycles. The Hall–Kier alpha value is -3.97. The van der Waals surface area contributed by atoms with Crippen molar-refractivity contribution < 1.29 is 0 Å². The molecule has 0 aliphatic rings. The van der Waals surface area contributed by atoms with Crippen LogP contribution in [0.3, 0.4) is 0 Å². The molecule has 1 atom stereocenters. The van der Waals surface area contributed by atoms with E-state index in [2.05, 4.69) is 39.3 Å². The van der Waals surface area contributed by atoms with Gasteiger partial charge < -0.3 is 11.1 Å². The normalized spacial score (nSPS) is 12.1. The van der Waals surface area contributed by atoms with E-state index in [4.69, 9.17) is 22.3 Å². The molecule has 33 heavy (non-hydrogen) atoms. The minimum absolute atomic E-state index is 0.0588. The highest BCUT2D eigenvalue weighted by Crippen LogP contribution is 2.26. The maximum absolute atomic E-state index is 13.6. The van der Waals surface area contributed by atoms with Gasteiger partial charge in [-0.2, -0.15) is 10.4 Å². The molecule has 4 aromatic rings. The van der Waals surface area contributed by atoms with Crippen LogP contribution in [0.5, 0.6) is 0 Å². The third-order valence-electron chi connectivity index (χ3n) is 5.08. The lowest BCUT2D eigenvalue weighted by atomic mass is 10.1. The quantitative estimate of drug-likeness (QED) is 0.393. The fourth-order valence-electron chi connectivity index (χ4n) is 3.62. The van der Waals surface area contributed by atoms with E-state index in [9.17, 15) is 10.1 Å². The van der Waals surface area contributed by atoms with Crippen molar-refractivity contribution in [1.29, 1.82) is 5.26 Å². The number of nitriles is 1. The zero-order valence-corrected chi connectivity index (χ0v) is 19.1. The van der Waals surface area contributed by atoms with Crippen molar-refractivity contribution in [1.82, 2.24) is 29.7 Å². The average Bonchev–Trinajstić information content (AvgIpc) is 3.20. The van der Waals surface area contributed by atoms with Crippen LogP contribution in [0.4, 0.5) is 11.6 Å². The van der Waals surface area contributed by atoms with Crippen LogP contribution in [0, 0.1) is 17.2 Å². The molecule has 0 bridgehead atoms. The van der Waals surface area contributed by atoms with Crippen LogP contribution in [0.15, 0.2) is 35.4 Å². The van der Waals surface area contributed by atoms with Gasteiger partial charge in [-0.3, -0.25) is 9.89 Å². The zero-order chi connectivity index (χ0) is 23.7. The highest BCUT2D eigenvalue weighted by atomic mass is 35.5. The Morgan fingerprint density at radius 2 is 2.09 bits per heavy atom. The van der Waals surface area contributed by atoms with Crippen LogP contribution in [-0.4, -0.2) is 29.7 Å². The Balaban J connectivity index is 1.89. The van der Waals surface area contributed by atoms with E-state index in [0.717, 1.165) is 12.1 Å². The summed E-state index contributed by atoms with van der Waals surface area (Å²) < 4.78 is 1.42. The van der Waals surface area contributed by atoms with E-state index in [1.807, 2.05) is 12.1 Å². The number of halogens is 1. The number of aromatic nitrogens is 6. The Morgan fingerprint density at radius 3 is 2.82 bits per heavy atom. The van der Waals surface area contributed by atoms with E-state index in [-0.39, 0.29) is 22.8 Å². The van der Waals surface area contributed by atoms with E-state index in [1.165, 1.54) is 10.9 Å². The van der Waals surface area contributed by atoms with Crippen LogP contribution in [0.25, 0.3) is 16.7 Å². The van der Waals surface area contributed by atoms with Crippen LogP contribution < -0.4 is 16.6 Å². The third-order valence-corrected chi connectivity index (χ3v) is 5.39. The summed E-state index contributed by atoms with van der Waals surface area (Å²) in [6.45, 7) is 6.00. The van der Waals surface area contributed by atoms with Crippen molar-refractivity contribution in [2.45, 2.75) is 33.2 Å². The lowest BCUT2D eigenvalue weighted by Crippen LogP contribution is -2.28. The molecule has 4 rings (SSSR count). The highest BCUT2D eigenvalue weighted by Gasteiger charge is 2.22. The fraction of sp³-hybridized carbons (Fsp3) is 0.273. The van der Waals surface area contributed by atoms with Crippen LogP contribution in [0.2, 0.25) is 5.02 Å². The largest absolute Gasteiger partial charge is 0.382 e. The second-order valence-electron chi connectivity index (χ2n) is 8.05. The lowest BCUT2D eigenvalue weighted by molar-refractivity contribution is 0.633. The van der Waals surface area contributed by atoms with E-state index in [0.29, 0.717) is 33.5 Å². The molecule has 0 fully saturated rings. The summed E-state index contributed by atoms with van der Waals surface area (Å²) in [7, 11) is 0. The molecule has 1 unspecified atom stereocenters. The maximum Gasteiger partial charge on any atom is 0.268 e. The number of fused-ring (bicyclic) bond motifs is 1. The molecule has 4 N–H and O–H groups in total. The number of benzene rings is 1. The predicted molar refractivity (Wildman–Crippen MR) is 126 cm³/mol. The molecular weight excluding hydrogens is 442 g/mol. The fourth-order valence-corrected chi connectivity index (χ4v) is 3.87.